The molecule has 0 spiro atoms. The van der Waals surface area contributed by atoms with E-state index in [-0.39, 0.29) is 6.61 Å². The van der Waals surface area contributed by atoms with Crippen LogP contribution in [0.2, 0.25) is 0 Å². The van der Waals surface area contributed by atoms with Crippen molar-refractivity contribution in [3.8, 4) is 22.8 Å². The first-order valence-corrected chi connectivity index (χ1v) is 10.1. The largest absolute Gasteiger partial charge is 0.463 e. The number of oxazole rings is 1. The Bertz CT molecular complexity index is 1260. The van der Waals surface area contributed by atoms with Gasteiger partial charge in [0.2, 0.25) is 0 Å². The molecule has 0 radical (unpaired) electrons. The lowest BCUT2D eigenvalue weighted by Crippen LogP contribution is -1.89. The fraction of sp³-hybridized carbons (Fsp3) is 0.160. The van der Waals surface area contributed by atoms with E-state index in [1.54, 1.807) is 6.26 Å². The minimum Gasteiger partial charge on any atom is -0.463 e. The standard InChI is InChI=1S/C25H22N2O3/c28-16-17-6-3-7-18(14-17)25-24(22-11-5-13-29-22)27-23(30-25)12-4-8-19-15-26-21-10-2-1-9-20(19)21/h1-3,5-7,9-11,13-15,26,28H,4,8,12,16H2. The number of aromatic amines is 1. The molecule has 0 saturated heterocycles. The number of aliphatic hydroxyl groups excluding tert-OH is 1. The highest BCUT2D eigenvalue weighted by Gasteiger charge is 2.19. The molecule has 0 aliphatic rings. The average molecular weight is 398 g/mol. The van der Waals surface area contributed by atoms with Gasteiger partial charge in [-0.3, -0.25) is 0 Å². The maximum atomic E-state index is 9.48. The second-order valence-electron chi connectivity index (χ2n) is 7.33. The van der Waals surface area contributed by atoms with Crippen molar-refractivity contribution in [2.75, 3.05) is 0 Å². The highest BCUT2D eigenvalue weighted by Crippen LogP contribution is 2.34. The Labute approximate surface area is 174 Å². The van der Waals surface area contributed by atoms with Crippen LogP contribution >= 0.6 is 0 Å². The van der Waals surface area contributed by atoms with E-state index in [1.165, 1.54) is 10.9 Å². The van der Waals surface area contributed by atoms with Crippen molar-refractivity contribution in [1.82, 2.24) is 9.97 Å². The van der Waals surface area contributed by atoms with Gasteiger partial charge in [0.25, 0.3) is 0 Å². The quantitative estimate of drug-likeness (QED) is 0.366. The number of aromatic nitrogens is 2. The van der Waals surface area contributed by atoms with Crippen LogP contribution in [0.1, 0.15) is 23.4 Å². The van der Waals surface area contributed by atoms with E-state index in [0.29, 0.717) is 23.1 Å². The maximum absolute atomic E-state index is 9.48. The molecule has 0 fully saturated rings. The fourth-order valence-corrected chi connectivity index (χ4v) is 3.83. The van der Waals surface area contributed by atoms with Gasteiger partial charge < -0.3 is 18.9 Å². The van der Waals surface area contributed by atoms with Crippen LogP contribution in [0.4, 0.5) is 0 Å². The number of benzene rings is 2. The monoisotopic (exact) mass is 398 g/mol. The smallest absolute Gasteiger partial charge is 0.195 e. The lowest BCUT2D eigenvalue weighted by atomic mass is 10.1. The van der Waals surface area contributed by atoms with Crippen LogP contribution in [-0.4, -0.2) is 15.1 Å². The Morgan fingerprint density at radius 3 is 2.77 bits per heavy atom. The second kappa shape index (κ2) is 8.05. The summed E-state index contributed by atoms with van der Waals surface area (Å²) in [5, 5.41) is 10.7. The number of nitrogens with one attached hydrogen (secondary N) is 1. The summed E-state index contributed by atoms with van der Waals surface area (Å²) in [4.78, 5) is 8.06. The molecule has 0 saturated carbocycles. The van der Waals surface area contributed by atoms with E-state index in [1.807, 2.05) is 42.5 Å². The van der Waals surface area contributed by atoms with Crippen LogP contribution in [-0.2, 0) is 19.4 Å². The van der Waals surface area contributed by atoms with Gasteiger partial charge in [-0.15, -0.1) is 0 Å². The molecule has 5 aromatic rings. The Hall–Kier alpha value is -3.57. The van der Waals surface area contributed by atoms with Gasteiger partial charge in [-0.05, 0) is 48.2 Å². The van der Waals surface area contributed by atoms with Crippen LogP contribution in [0.5, 0.6) is 0 Å². The number of fused-ring (bicyclic) bond motifs is 1. The van der Waals surface area contributed by atoms with Gasteiger partial charge in [-0.25, -0.2) is 4.98 Å². The van der Waals surface area contributed by atoms with Crippen LogP contribution in [0.15, 0.2) is 82.0 Å². The number of aryl methyl sites for hydroxylation is 2. The molecule has 0 aliphatic heterocycles. The molecule has 3 heterocycles. The van der Waals surface area contributed by atoms with Crippen molar-refractivity contribution < 1.29 is 13.9 Å². The Morgan fingerprint density at radius 2 is 1.90 bits per heavy atom. The molecule has 0 amide bonds. The summed E-state index contributed by atoms with van der Waals surface area (Å²) in [7, 11) is 0. The third-order valence-corrected chi connectivity index (χ3v) is 5.31. The van der Waals surface area contributed by atoms with E-state index in [9.17, 15) is 5.11 Å². The van der Waals surface area contributed by atoms with Gasteiger partial charge >= 0.3 is 0 Å². The zero-order valence-electron chi connectivity index (χ0n) is 16.5. The highest BCUT2D eigenvalue weighted by molar-refractivity contribution is 5.83. The van der Waals surface area contributed by atoms with Crippen molar-refractivity contribution in [2.24, 2.45) is 0 Å². The predicted molar refractivity (Wildman–Crippen MR) is 116 cm³/mol. The van der Waals surface area contributed by atoms with Crippen LogP contribution < -0.4 is 0 Å². The summed E-state index contributed by atoms with van der Waals surface area (Å²) in [5.74, 6) is 2.03. The molecule has 0 atom stereocenters. The third-order valence-electron chi connectivity index (χ3n) is 5.31. The van der Waals surface area contributed by atoms with E-state index < -0.39 is 0 Å². The second-order valence-corrected chi connectivity index (χ2v) is 7.33. The number of hydrogen-bond acceptors (Lipinski definition) is 4. The van der Waals surface area contributed by atoms with Crippen molar-refractivity contribution in [1.29, 1.82) is 0 Å². The van der Waals surface area contributed by atoms with Crippen LogP contribution in [0.3, 0.4) is 0 Å². The van der Waals surface area contributed by atoms with E-state index >= 15 is 0 Å². The third kappa shape index (κ3) is 3.55. The molecule has 0 aliphatic carbocycles. The van der Waals surface area contributed by atoms with Crippen molar-refractivity contribution in [3.05, 3.63) is 90.1 Å². The fourth-order valence-electron chi connectivity index (χ4n) is 3.83. The summed E-state index contributed by atoms with van der Waals surface area (Å²) in [6.07, 6.45) is 6.32. The van der Waals surface area contributed by atoms with E-state index in [2.05, 4.69) is 29.4 Å². The summed E-state index contributed by atoms with van der Waals surface area (Å²) in [6, 6.07) is 19.7. The average Bonchev–Trinajstić information content (AvgIpc) is 3.54. The van der Waals surface area contributed by atoms with Gasteiger partial charge in [-0.1, -0.05) is 36.4 Å². The Balaban J connectivity index is 1.40. The first kappa shape index (κ1) is 18.5. The van der Waals surface area contributed by atoms with Gasteiger partial charge in [-0.2, -0.15) is 0 Å². The molecule has 5 nitrogen and oxygen atoms in total. The normalized spacial score (nSPS) is 11.4. The number of para-hydroxylation sites is 1. The molecule has 0 unspecified atom stereocenters. The first-order valence-electron chi connectivity index (χ1n) is 10.1. The summed E-state index contributed by atoms with van der Waals surface area (Å²) in [5.41, 5.74) is 4.87. The number of furan rings is 1. The Kier molecular flexibility index (Phi) is 4.95. The van der Waals surface area contributed by atoms with Gasteiger partial charge in [0.15, 0.2) is 23.1 Å². The Morgan fingerprint density at radius 1 is 0.967 bits per heavy atom. The summed E-state index contributed by atoms with van der Waals surface area (Å²) >= 11 is 0. The molecule has 5 heteroatoms. The highest BCUT2D eigenvalue weighted by atomic mass is 16.4. The number of nitrogens with zero attached hydrogens (tertiary/aromatic N) is 1. The summed E-state index contributed by atoms with van der Waals surface area (Å²) in [6.45, 7) is -0.0183. The molecular formula is C25H22N2O3. The van der Waals surface area contributed by atoms with Crippen molar-refractivity contribution >= 4 is 10.9 Å². The summed E-state index contributed by atoms with van der Waals surface area (Å²) < 4.78 is 11.8. The zero-order chi connectivity index (χ0) is 20.3. The molecule has 150 valence electrons. The molecule has 2 N–H and O–H groups in total. The molecule has 5 rings (SSSR count). The van der Waals surface area contributed by atoms with Gasteiger partial charge in [0.05, 0.1) is 12.9 Å². The molecule has 2 aromatic carbocycles. The van der Waals surface area contributed by atoms with Gasteiger partial charge in [0, 0.05) is 29.1 Å². The van der Waals surface area contributed by atoms with Crippen molar-refractivity contribution in [3.63, 3.8) is 0 Å². The molecular weight excluding hydrogens is 376 g/mol. The predicted octanol–water partition coefficient (Wildman–Crippen LogP) is 5.75. The molecule has 0 bridgehead atoms. The van der Waals surface area contributed by atoms with E-state index in [4.69, 9.17) is 13.8 Å². The van der Waals surface area contributed by atoms with E-state index in [0.717, 1.165) is 35.9 Å². The minimum atomic E-state index is -0.0183. The number of hydrogen-bond donors (Lipinski definition) is 2. The number of H-pyrrole nitrogens is 1. The van der Waals surface area contributed by atoms with Crippen molar-refractivity contribution in [2.45, 2.75) is 25.9 Å². The van der Waals surface area contributed by atoms with Gasteiger partial charge in [0.1, 0.15) is 0 Å². The number of aliphatic hydroxyl groups is 1. The molecule has 30 heavy (non-hydrogen) atoms. The lowest BCUT2D eigenvalue weighted by Gasteiger charge is -2.02. The lowest BCUT2D eigenvalue weighted by molar-refractivity contribution is 0.282. The zero-order valence-corrected chi connectivity index (χ0v) is 16.5. The maximum Gasteiger partial charge on any atom is 0.195 e. The number of rotatable bonds is 7. The minimum absolute atomic E-state index is 0.0183. The topological polar surface area (TPSA) is 75.2 Å². The van der Waals surface area contributed by atoms with Crippen LogP contribution in [0.25, 0.3) is 33.7 Å². The SMILES string of the molecule is OCc1cccc(-c2oc(CCCc3c[nH]c4ccccc34)nc2-c2ccco2)c1. The van der Waals surface area contributed by atoms with Crippen LogP contribution in [0, 0.1) is 0 Å². The first-order chi connectivity index (χ1) is 14.8. The molecule has 3 aromatic heterocycles.